The Labute approximate surface area is 160 Å². The van der Waals surface area contributed by atoms with Gasteiger partial charge < -0.3 is 49.6 Å². The van der Waals surface area contributed by atoms with E-state index in [0.29, 0.717) is 25.9 Å². The molecule has 16 N–H and O–H groups in total. The van der Waals surface area contributed by atoms with Gasteiger partial charge in [0.15, 0.2) is 0 Å². The van der Waals surface area contributed by atoms with Crippen LogP contribution in [0.3, 0.4) is 0 Å². The van der Waals surface area contributed by atoms with Crippen molar-refractivity contribution < 1.29 is 36.2 Å². The molecule has 0 aromatic rings. The maximum atomic E-state index is 11.5. The summed E-state index contributed by atoms with van der Waals surface area (Å²) in [7, 11) is 0. The lowest BCUT2D eigenvalue weighted by molar-refractivity contribution is -0.161. The topological polar surface area (TPSA) is 273 Å². The van der Waals surface area contributed by atoms with E-state index in [4.69, 9.17) is 22.9 Å². The monoisotopic (exact) mass is 418 g/mol. The maximum absolute atomic E-state index is 11.5. The highest BCUT2D eigenvalue weighted by atomic mass is 35.5. The molecule has 0 saturated carbocycles. The zero-order chi connectivity index (χ0) is 14.7. The van der Waals surface area contributed by atoms with Crippen LogP contribution in [0.5, 0.6) is 0 Å². The summed E-state index contributed by atoms with van der Waals surface area (Å²) < 4.78 is 4.64. The molecular formula is C12H36Cl2N4O7. The molecule has 0 aliphatic rings. The molecule has 0 aliphatic heterocycles. The van der Waals surface area contributed by atoms with Crippen molar-refractivity contribution in [1.82, 2.24) is 0 Å². The molecule has 0 aliphatic carbocycles. The van der Waals surface area contributed by atoms with Crippen molar-refractivity contribution in [3.63, 3.8) is 0 Å². The second-order valence-electron chi connectivity index (χ2n) is 4.52. The minimum atomic E-state index is -0.799. The first-order valence-electron chi connectivity index (χ1n) is 6.69. The smallest absolute Gasteiger partial charge is 0.330 e. The molecule has 0 saturated heterocycles. The van der Waals surface area contributed by atoms with Gasteiger partial charge in [-0.15, -0.1) is 24.8 Å². The van der Waals surface area contributed by atoms with Crippen molar-refractivity contribution in [1.29, 1.82) is 0 Å². The van der Waals surface area contributed by atoms with E-state index < -0.39 is 24.0 Å². The van der Waals surface area contributed by atoms with E-state index in [0.717, 1.165) is 25.7 Å². The fourth-order valence-electron chi connectivity index (χ4n) is 1.50. The quantitative estimate of drug-likeness (QED) is 0.157. The molecule has 0 aromatic carbocycles. The van der Waals surface area contributed by atoms with E-state index in [1.165, 1.54) is 0 Å². The Morgan fingerprint density at radius 2 is 0.960 bits per heavy atom. The zero-order valence-electron chi connectivity index (χ0n) is 14.2. The van der Waals surface area contributed by atoms with Crippen molar-refractivity contribution in [2.75, 3.05) is 13.1 Å². The van der Waals surface area contributed by atoms with E-state index in [1.807, 2.05) is 0 Å². The summed E-state index contributed by atoms with van der Waals surface area (Å²) >= 11 is 0. The Bertz CT molecular complexity index is 266. The lowest BCUT2D eigenvalue weighted by atomic mass is 10.1. The van der Waals surface area contributed by atoms with E-state index >= 15 is 0 Å². The predicted octanol–water partition coefficient (Wildman–Crippen LogP) is -3.49. The third-order valence-electron chi connectivity index (χ3n) is 2.75. The zero-order valence-corrected chi connectivity index (χ0v) is 15.8. The van der Waals surface area contributed by atoms with Crippen LogP contribution in [0.2, 0.25) is 0 Å². The lowest BCUT2D eigenvalue weighted by Gasteiger charge is -2.13. The molecule has 0 rings (SSSR count). The lowest BCUT2D eigenvalue weighted by Crippen LogP contribution is -2.39. The van der Waals surface area contributed by atoms with Crippen molar-refractivity contribution in [3.8, 4) is 0 Å². The normalized spacial score (nSPS) is 10.6. The summed E-state index contributed by atoms with van der Waals surface area (Å²) in [5, 5.41) is 0. The van der Waals surface area contributed by atoms with Gasteiger partial charge in [0.1, 0.15) is 12.1 Å². The van der Waals surface area contributed by atoms with E-state index in [-0.39, 0.29) is 46.7 Å². The van der Waals surface area contributed by atoms with Crippen molar-refractivity contribution in [2.24, 2.45) is 22.9 Å². The van der Waals surface area contributed by atoms with Crippen LogP contribution in [0, 0.1) is 0 Å². The summed E-state index contributed by atoms with van der Waals surface area (Å²) in [5.74, 6) is -1.45. The molecule has 2 atom stereocenters. The molecule has 13 heteroatoms. The molecule has 0 bridgehead atoms. The minimum Gasteiger partial charge on any atom is -0.412 e. The molecule has 0 heterocycles. The number of hydrogen-bond donors (Lipinski definition) is 4. The number of hydrogen-bond acceptors (Lipinski definition) is 7. The molecular weight excluding hydrogens is 383 g/mol. The Morgan fingerprint density at radius 1 is 0.680 bits per heavy atom. The number of ether oxygens (including phenoxy) is 1. The minimum absolute atomic E-state index is 0. The number of carbonyl (C=O) groups excluding carboxylic acids is 2. The van der Waals surface area contributed by atoms with Crippen molar-refractivity contribution in [2.45, 2.75) is 50.6 Å². The van der Waals surface area contributed by atoms with Crippen LogP contribution in [0.25, 0.3) is 0 Å². The molecule has 0 amide bonds. The summed E-state index contributed by atoms with van der Waals surface area (Å²) in [6, 6.07) is -1.60. The van der Waals surface area contributed by atoms with Gasteiger partial charge in [-0.3, -0.25) is 0 Å². The van der Waals surface area contributed by atoms with Gasteiger partial charge in [-0.1, -0.05) is 12.8 Å². The molecule has 160 valence electrons. The third-order valence-corrected chi connectivity index (χ3v) is 2.75. The van der Waals surface area contributed by atoms with Crippen LogP contribution in [0.1, 0.15) is 38.5 Å². The average Bonchev–Trinajstić information content (AvgIpc) is 2.38. The molecule has 11 nitrogen and oxygen atoms in total. The summed E-state index contributed by atoms with van der Waals surface area (Å²) in [5.41, 5.74) is 21.9. The Balaban J connectivity index is -0.000000108. The Morgan fingerprint density at radius 3 is 1.20 bits per heavy atom. The van der Waals surface area contributed by atoms with Gasteiger partial charge >= 0.3 is 11.9 Å². The molecule has 0 unspecified atom stereocenters. The average molecular weight is 419 g/mol. The summed E-state index contributed by atoms with van der Waals surface area (Å²) in [4.78, 5) is 23.0. The SMILES string of the molecule is Cl.Cl.NCCCC[C@H](N)C(=O)OC(=O)[C@@H](N)CCCCN.O.O.O.O. The Kier molecular flexibility index (Phi) is 49.8. The highest BCUT2D eigenvalue weighted by Gasteiger charge is 2.22. The van der Waals surface area contributed by atoms with Crippen LogP contribution in [0.15, 0.2) is 0 Å². The van der Waals surface area contributed by atoms with E-state index in [1.54, 1.807) is 0 Å². The second kappa shape index (κ2) is 28.2. The van der Waals surface area contributed by atoms with Gasteiger partial charge in [-0.05, 0) is 38.8 Å². The van der Waals surface area contributed by atoms with Crippen LogP contribution in [-0.4, -0.2) is 59.0 Å². The van der Waals surface area contributed by atoms with Gasteiger partial charge in [0.25, 0.3) is 0 Å². The third kappa shape index (κ3) is 23.4. The first-order chi connectivity index (χ1) is 9.02. The van der Waals surface area contributed by atoms with E-state index in [9.17, 15) is 9.59 Å². The molecule has 0 spiro atoms. The van der Waals surface area contributed by atoms with Gasteiger partial charge in [0, 0.05) is 0 Å². The van der Waals surface area contributed by atoms with Gasteiger partial charge in [-0.2, -0.15) is 0 Å². The highest BCUT2D eigenvalue weighted by molar-refractivity contribution is 5.90. The van der Waals surface area contributed by atoms with Crippen molar-refractivity contribution in [3.05, 3.63) is 0 Å². The highest BCUT2D eigenvalue weighted by Crippen LogP contribution is 2.03. The number of unbranched alkanes of at least 4 members (excludes halogenated alkanes) is 2. The summed E-state index contributed by atoms with van der Waals surface area (Å²) in [6.07, 6.45) is 3.92. The fourth-order valence-corrected chi connectivity index (χ4v) is 1.50. The van der Waals surface area contributed by atoms with Crippen LogP contribution in [0.4, 0.5) is 0 Å². The maximum Gasteiger partial charge on any atom is 0.330 e. The molecule has 0 fully saturated rings. The van der Waals surface area contributed by atoms with Crippen LogP contribution >= 0.6 is 24.8 Å². The van der Waals surface area contributed by atoms with Crippen molar-refractivity contribution >= 4 is 36.8 Å². The standard InChI is InChI=1S/C12H26N4O3.2ClH.4H2O/c13-7-3-1-5-9(15)11(17)19-12(18)10(16)6-2-4-8-14;;;;;;/h9-10H,1-8,13-16H2;2*1H;4*1H2/t9-,10-;;;;;;/m0....../s1. The fraction of sp³-hybridized carbons (Fsp3) is 0.833. The molecule has 25 heavy (non-hydrogen) atoms. The first kappa shape index (κ1) is 44.1. The van der Waals surface area contributed by atoms with Gasteiger partial charge in [0.2, 0.25) is 0 Å². The summed E-state index contributed by atoms with van der Waals surface area (Å²) in [6.45, 7) is 1.10. The second-order valence-corrected chi connectivity index (χ2v) is 4.52. The van der Waals surface area contributed by atoms with E-state index in [2.05, 4.69) is 4.74 Å². The Hall–Kier alpha value is -0.600. The van der Waals surface area contributed by atoms with Gasteiger partial charge in [0.05, 0.1) is 0 Å². The number of nitrogens with two attached hydrogens (primary N) is 4. The number of rotatable bonds is 10. The number of carbonyl (C=O) groups is 2. The van der Waals surface area contributed by atoms with Crippen LogP contribution < -0.4 is 22.9 Å². The molecule has 0 aromatic heterocycles. The van der Waals surface area contributed by atoms with Crippen LogP contribution in [-0.2, 0) is 14.3 Å². The van der Waals surface area contributed by atoms with Gasteiger partial charge in [-0.25, -0.2) is 9.59 Å². The number of halogens is 2. The predicted molar refractivity (Wildman–Crippen MR) is 102 cm³/mol. The largest absolute Gasteiger partial charge is 0.412 e. The molecule has 0 radical (unpaired) electrons. The first-order valence-corrected chi connectivity index (χ1v) is 6.69. The number of esters is 2.